The van der Waals surface area contributed by atoms with Gasteiger partial charge in [-0.2, -0.15) is 0 Å². The zero-order chi connectivity index (χ0) is 28.0. The van der Waals surface area contributed by atoms with Gasteiger partial charge in [0.25, 0.3) is 10.0 Å². The van der Waals surface area contributed by atoms with Crippen molar-refractivity contribution in [2.75, 3.05) is 25.0 Å². The van der Waals surface area contributed by atoms with Gasteiger partial charge >= 0.3 is 0 Å². The van der Waals surface area contributed by atoms with E-state index in [2.05, 4.69) is 5.32 Å². The Morgan fingerprint density at radius 2 is 1.63 bits per heavy atom. The monoisotopic (exact) mass is 597 g/mol. The van der Waals surface area contributed by atoms with Crippen LogP contribution in [-0.2, 0) is 26.2 Å². The summed E-state index contributed by atoms with van der Waals surface area (Å²) in [7, 11) is -1.32. The fourth-order valence-corrected chi connectivity index (χ4v) is 5.72. The molecule has 0 bridgehead atoms. The Morgan fingerprint density at radius 1 is 0.974 bits per heavy atom. The zero-order valence-corrected chi connectivity index (χ0v) is 23.9. The number of nitrogens with zero attached hydrogens (tertiary/aromatic N) is 2. The number of nitrogens with one attached hydrogen (secondary N) is 1. The molecule has 202 valence electrons. The van der Waals surface area contributed by atoms with Crippen molar-refractivity contribution in [3.05, 3.63) is 87.4 Å². The van der Waals surface area contributed by atoms with Crippen molar-refractivity contribution in [1.29, 1.82) is 0 Å². The molecule has 1 unspecified atom stereocenters. The fourth-order valence-electron chi connectivity index (χ4n) is 3.66. The Balaban J connectivity index is 2.05. The number of anilines is 1. The van der Waals surface area contributed by atoms with Crippen molar-refractivity contribution >= 4 is 62.3 Å². The number of sulfonamides is 1. The van der Waals surface area contributed by atoms with Gasteiger partial charge in [0.1, 0.15) is 18.3 Å². The van der Waals surface area contributed by atoms with Crippen molar-refractivity contribution in [3.63, 3.8) is 0 Å². The molecule has 0 saturated carbocycles. The summed E-state index contributed by atoms with van der Waals surface area (Å²) in [5.41, 5.74) is 0.714. The van der Waals surface area contributed by atoms with Crippen LogP contribution >= 0.6 is 34.8 Å². The van der Waals surface area contributed by atoms with E-state index in [4.69, 9.17) is 39.5 Å². The maximum atomic E-state index is 13.8. The lowest BCUT2D eigenvalue weighted by atomic mass is 10.1. The minimum atomic E-state index is -4.24. The van der Waals surface area contributed by atoms with Crippen LogP contribution in [-0.4, -0.2) is 51.9 Å². The molecule has 38 heavy (non-hydrogen) atoms. The molecule has 2 amide bonds. The molecule has 0 aliphatic rings. The smallest absolute Gasteiger partial charge is 0.264 e. The molecule has 0 spiro atoms. The van der Waals surface area contributed by atoms with Crippen LogP contribution in [0.2, 0.25) is 15.1 Å². The molecule has 0 radical (unpaired) electrons. The third-order valence-electron chi connectivity index (χ3n) is 5.79. The number of ether oxygens (including phenoxy) is 1. The second kappa shape index (κ2) is 12.7. The molecular weight excluding hydrogens is 573 g/mol. The summed E-state index contributed by atoms with van der Waals surface area (Å²) in [6.45, 7) is 0.874. The molecule has 1 N–H and O–H groups in total. The minimum Gasteiger partial charge on any atom is -0.497 e. The molecule has 8 nitrogen and oxygen atoms in total. The first-order valence-electron chi connectivity index (χ1n) is 11.3. The molecular formula is C26H26Cl3N3O5S. The summed E-state index contributed by atoms with van der Waals surface area (Å²) in [4.78, 5) is 27.5. The van der Waals surface area contributed by atoms with Crippen LogP contribution in [0.3, 0.4) is 0 Å². The van der Waals surface area contributed by atoms with Crippen molar-refractivity contribution in [2.24, 2.45) is 0 Å². The second-order valence-electron chi connectivity index (χ2n) is 8.21. The number of amides is 2. The van der Waals surface area contributed by atoms with E-state index < -0.39 is 34.4 Å². The van der Waals surface area contributed by atoms with Gasteiger partial charge in [-0.05, 0) is 67.1 Å². The third kappa shape index (κ3) is 6.91. The van der Waals surface area contributed by atoms with Crippen LogP contribution in [0.5, 0.6) is 5.75 Å². The summed E-state index contributed by atoms with van der Waals surface area (Å²) in [6.07, 6.45) is 0. The number of hydrogen-bond acceptors (Lipinski definition) is 5. The highest BCUT2D eigenvalue weighted by atomic mass is 35.5. The maximum absolute atomic E-state index is 13.8. The Morgan fingerprint density at radius 3 is 2.21 bits per heavy atom. The topological polar surface area (TPSA) is 96.0 Å². The van der Waals surface area contributed by atoms with Crippen LogP contribution < -0.4 is 14.4 Å². The number of carbonyl (C=O) groups excluding carboxylic acids is 2. The summed E-state index contributed by atoms with van der Waals surface area (Å²) in [5, 5.41) is 3.52. The second-order valence-corrected chi connectivity index (χ2v) is 11.4. The molecule has 0 aliphatic carbocycles. The molecule has 0 aromatic heterocycles. The molecule has 0 fully saturated rings. The number of carbonyl (C=O) groups is 2. The Bertz CT molecular complexity index is 1420. The van der Waals surface area contributed by atoms with Gasteiger partial charge in [0.05, 0.1) is 17.7 Å². The Hall–Kier alpha value is -2.98. The van der Waals surface area contributed by atoms with Crippen LogP contribution in [0.25, 0.3) is 0 Å². The number of methoxy groups -OCH3 is 1. The molecule has 3 aromatic carbocycles. The van der Waals surface area contributed by atoms with Gasteiger partial charge in [-0.25, -0.2) is 8.42 Å². The van der Waals surface area contributed by atoms with Crippen LogP contribution in [0, 0.1) is 0 Å². The molecule has 12 heteroatoms. The summed E-state index contributed by atoms with van der Waals surface area (Å²) < 4.78 is 33.6. The van der Waals surface area contributed by atoms with Crippen LogP contribution in [0.1, 0.15) is 12.5 Å². The lowest BCUT2D eigenvalue weighted by Crippen LogP contribution is -2.50. The number of halogens is 3. The van der Waals surface area contributed by atoms with Crippen LogP contribution in [0.15, 0.2) is 71.6 Å². The van der Waals surface area contributed by atoms with E-state index >= 15 is 0 Å². The molecule has 0 aliphatic heterocycles. The van der Waals surface area contributed by atoms with E-state index in [0.29, 0.717) is 21.4 Å². The van der Waals surface area contributed by atoms with Crippen LogP contribution in [0.4, 0.5) is 5.69 Å². The van der Waals surface area contributed by atoms with E-state index in [1.165, 1.54) is 61.5 Å². The number of likely N-dealkylation sites (N-methyl/N-ethyl adjacent to an activating group) is 1. The van der Waals surface area contributed by atoms with E-state index in [1.54, 1.807) is 31.2 Å². The van der Waals surface area contributed by atoms with E-state index in [1.807, 2.05) is 0 Å². The minimum absolute atomic E-state index is 0.0577. The first-order valence-corrected chi connectivity index (χ1v) is 13.9. The normalized spacial score (nSPS) is 11.9. The molecule has 3 rings (SSSR count). The molecule has 0 heterocycles. The highest BCUT2D eigenvalue weighted by Gasteiger charge is 2.32. The quantitative estimate of drug-likeness (QED) is 0.354. The van der Waals surface area contributed by atoms with E-state index in [-0.39, 0.29) is 22.2 Å². The van der Waals surface area contributed by atoms with Gasteiger partial charge in [0, 0.05) is 28.7 Å². The molecule has 0 saturated heterocycles. The average Bonchev–Trinajstić information content (AvgIpc) is 2.90. The molecule has 1 atom stereocenters. The highest BCUT2D eigenvalue weighted by Crippen LogP contribution is 2.28. The lowest BCUT2D eigenvalue weighted by Gasteiger charge is -2.32. The number of rotatable bonds is 10. The predicted molar refractivity (Wildman–Crippen MR) is 150 cm³/mol. The van der Waals surface area contributed by atoms with Gasteiger partial charge in [0.2, 0.25) is 11.8 Å². The van der Waals surface area contributed by atoms with Crippen molar-refractivity contribution in [3.8, 4) is 5.75 Å². The summed E-state index contributed by atoms with van der Waals surface area (Å²) in [5.74, 6) is -0.598. The summed E-state index contributed by atoms with van der Waals surface area (Å²) in [6, 6.07) is 15.8. The molecule has 3 aromatic rings. The largest absolute Gasteiger partial charge is 0.497 e. The average molecular weight is 599 g/mol. The standard InChI is InChI=1S/C26H26Cl3N3O5S/c1-17(26(34)30-2)31(15-18-7-8-20(28)14-24(18)29)25(33)16-32(21-6-4-5-19(27)13-21)38(35,36)23-11-9-22(37-3)10-12-23/h4-14,17H,15-16H2,1-3H3,(H,30,34). The first kappa shape index (κ1) is 29.6. The van der Waals surface area contributed by atoms with Crippen molar-refractivity contribution in [2.45, 2.75) is 24.4 Å². The van der Waals surface area contributed by atoms with Gasteiger partial charge in [0.15, 0.2) is 0 Å². The SMILES string of the molecule is CNC(=O)C(C)N(Cc1ccc(Cl)cc1Cl)C(=O)CN(c1cccc(Cl)c1)S(=O)(=O)c1ccc(OC)cc1. The predicted octanol–water partition coefficient (Wildman–Crippen LogP) is 5.01. The van der Waals surface area contributed by atoms with Gasteiger partial charge in [-0.3, -0.25) is 13.9 Å². The summed E-state index contributed by atoms with van der Waals surface area (Å²) >= 11 is 18.5. The Kier molecular flexibility index (Phi) is 9.89. The van der Waals surface area contributed by atoms with Gasteiger partial charge in [-0.1, -0.05) is 46.9 Å². The maximum Gasteiger partial charge on any atom is 0.264 e. The Labute approximate surface area is 237 Å². The number of hydrogen-bond donors (Lipinski definition) is 1. The van der Waals surface area contributed by atoms with Crippen molar-refractivity contribution in [1.82, 2.24) is 10.2 Å². The zero-order valence-electron chi connectivity index (χ0n) is 20.8. The van der Waals surface area contributed by atoms with E-state index in [0.717, 1.165) is 4.31 Å². The fraction of sp³-hybridized carbons (Fsp3) is 0.231. The van der Waals surface area contributed by atoms with Gasteiger partial charge < -0.3 is 15.0 Å². The van der Waals surface area contributed by atoms with Gasteiger partial charge in [-0.15, -0.1) is 0 Å². The third-order valence-corrected chi connectivity index (χ3v) is 8.40. The lowest BCUT2D eigenvalue weighted by molar-refractivity contribution is -0.139. The van der Waals surface area contributed by atoms with E-state index in [9.17, 15) is 18.0 Å². The van der Waals surface area contributed by atoms with Crippen molar-refractivity contribution < 1.29 is 22.7 Å². The first-order chi connectivity index (χ1) is 18.0. The number of benzene rings is 3. The highest BCUT2D eigenvalue weighted by molar-refractivity contribution is 7.92.